The van der Waals surface area contributed by atoms with Crippen molar-refractivity contribution in [3.8, 4) is 0 Å². The second-order valence-electron chi connectivity index (χ2n) is 6.34. The van der Waals surface area contributed by atoms with Gasteiger partial charge in [-0.25, -0.2) is 12.8 Å². The number of aryl methyl sites for hydroxylation is 2. The van der Waals surface area contributed by atoms with Crippen molar-refractivity contribution in [3.63, 3.8) is 0 Å². The van der Waals surface area contributed by atoms with Gasteiger partial charge in [-0.05, 0) is 60.7 Å². The van der Waals surface area contributed by atoms with E-state index in [1.54, 1.807) is 35.2 Å². The molecule has 0 unspecified atom stereocenters. The number of hydrogen-bond acceptors (Lipinski definition) is 3. The monoisotopic (exact) mass is 361 g/mol. The van der Waals surface area contributed by atoms with Crippen molar-refractivity contribution in [2.24, 2.45) is 0 Å². The third kappa shape index (κ3) is 4.07. The molecule has 25 heavy (non-hydrogen) atoms. The fourth-order valence-corrected chi connectivity index (χ4v) is 3.77. The Labute approximate surface area is 147 Å². The van der Waals surface area contributed by atoms with Crippen molar-refractivity contribution in [3.05, 3.63) is 59.4 Å². The summed E-state index contributed by atoms with van der Waals surface area (Å²) in [5.41, 5.74) is 2.60. The number of hydrogen-bond donors (Lipinski definition) is 0. The molecule has 6 heteroatoms. The third-order valence-electron chi connectivity index (χ3n) is 4.44. The minimum Gasteiger partial charge on any atom is -0.312 e. The first-order chi connectivity index (χ1) is 11.8. The second kappa shape index (κ2) is 6.96. The fourth-order valence-electron chi connectivity index (χ4n) is 3.10. The maximum atomic E-state index is 12.9. The molecule has 0 aromatic heterocycles. The Morgan fingerprint density at radius 1 is 1.16 bits per heavy atom. The van der Waals surface area contributed by atoms with Crippen LogP contribution in [0.25, 0.3) is 0 Å². The minimum absolute atomic E-state index is 0.00243. The summed E-state index contributed by atoms with van der Waals surface area (Å²) in [7, 11) is -3.26. The van der Waals surface area contributed by atoms with Gasteiger partial charge in [0.15, 0.2) is 9.84 Å². The van der Waals surface area contributed by atoms with Crippen LogP contribution >= 0.6 is 0 Å². The van der Waals surface area contributed by atoms with Crippen LogP contribution in [0.1, 0.15) is 24.0 Å². The molecule has 0 atom stereocenters. The van der Waals surface area contributed by atoms with Crippen LogP contribution in [0.2, 0.25) is 0 Å². The largest absolute Gasteiger partial charge is 0.312 e. The molecule has 3 rings (SSSR count). The quantitative estimate of drug-likeness (QED) is 0.841. The first-order valence-corrected chi connectivity index (χ1v) is 10.1. The Morgan fingerprint density at radius 2 is 1.88 bits per heavy atom. The molecule has 132 valence electrons. The van der Waals surface area contributed by atoms with Gasteiger partial charge in [-0.2, -0.15) is 0 Å². The highest BCUT2D eigenvalue weighted by Gasteiger charge is 2.23. The number of anilines is 1. The Morgan fingerprint density at radius 3 is 2.56 bits per heavy atom. The van der Waals surface area contributed by atoms with E-state index in [2.05, 4.69) is 0 Å². The SMILES string of the molecule is CS(=O)(=O)c1ccc2c(c1)CCCN2C(=O)CCc1ccc(F)cc1. The average molecular weight is 361 g/mol. The number of rotatable bonds is 4. The number of carbonyl (C=O) groups is 1. The minimum atomic E-state index is -3.26. The highest BCUT2D eigenvalue weighted by molar-refractivity contribution is 7.90. The van der Waals surface area contributed by atoms with Gasteiger partial charge in [0.05, 0.1) is 4.90 Å². The molecule has 0 saturated carbocycles. The van der Waals surface area contributed by atoms with Crippen LogP contribution in [0.5, 0.6) is 0 Å². The molecule has 0 radical (unpaired) electrons. The molecule has 1 aliphatic heterocycles. The van der Waals surface area contributed by atoms with Crippen LogP contribution in [0.4, 0.5) is 10.1 Å². The predicted molar refractivity (Wildman–Crippen MR) is 94.9 cm³/mol. The zero-order valence-electron chi connectivity index (χ0n) is 14.0. The molecule has 0 fully saturated rings. The van der Waals surface area contributed by atoms with E-state index in [0.29, 0.717) is 19.4 Å². The van der Waals surface area contributed by atoms with Crippen LogP contribution < -0.4 is 4.90 Å². The number of halogens is 1. The molecule has 0 saturated heterocycles. The molecule has 4 nitrogen and oxygen atoms in total. The topological polar surface area (TPSA) is 54.5 Å². The van der Waals surface area contributed by atoms with Crippen molar-refractivity contribution in [2.45, 2.75) is 30.6 Å². The van der Waals surface area contributed by atoms with Crippen molar-refractivity contribution in [1.82, 2.24) is 0 Å². The summed E-state index contributed by atoms with van der Waals surface area (Å²) in [5, 5.41) is 0. The van der Waals surface area contributed by atoms with Gasteiger partial charge in [-0.15, -0.1) is 0 Å². The van der Waals surface area contributed by atoms with Gasteiger partial charge in [-0.3, -0.25) is 4.79 Å². The summed E-state index contributed by atoms with van der Waals surface area (Å²) in [6.45, 7) is 0.632. The summed E-state index contributed by atoms with van der Waals surface area (Å²) in [4.78, 5) is 14.6. The van der Waals surface area contributed by atoms with Gasteiger partial charge in [0, 0.05) is 24.9 Å². The lowest BCUT2D eigenvalue weighted by Crippen LogP contribution is -2.35. The summed E-state index contributed by atoms with van der Waals surface area (Å²) in [5.74, 6) is -0.293. The maximum Gasteiger partial charge on any atom is 0.227 e. The van der Waals surface area contributed by atoms with Gasteiger partial charge < -0.3 is 4.90 Å². The standard InChI is InChI=1S/C19H20FNO3S/c1-25(23,24)17-9-10-18-15(13-17)3-2-12-21(18)19(22)11-6-14-4-7-16(20)8-5-14/h4-5,7-10,13H,2-3,6,11-12H2,1H3. The first kappa shape index (κ1) is 17.6. The number of sulfone groups is 1. The van der Waals surface area contributed by atoms with E-state index in [-0.39, 0.29) is 16.6 Å². The Kier molecular flexibility index (Phi) is 4.90. The fraction of sp³-hybridized carbons (Fsp3) is 0.316. The average Bonchev–Trinajstić information content (AvgIpc) is 2.59. The van der Waals surface area contributed by atoms with Gasteiger partial charge in [-0.1, -0.05) is 12.1 Å². The van der Waals surface area contributed by atoms with E-state index in [1.807, 2.05) is 0 Å². The van der Waals surface area contributed by atoms with Gasteiger partial charge in [0.25, 0.3) is 0 Å². The van der Waals surface area contributed by atoms with Crippen molar-refractivity contribution in [1.29, 1.82) is 0 Å². The second-order valence-corrected chi connectivity index (χ2v) is 8.35. The Balaban J connectivity index is 1.75. The Bertz CT molecular complexity index is 891. The molecule has 1 amide bonds. The molecule has 0 bridgehead atoms. The van der Waals surface area contributed by atoms with Crippen LogP contribution in [-0.4, -0.2) is 27.1 Å². The molecule has 1 heterocycles. The molecule has 1 aliphatic rings. The lowest BCUT2D eigenvalue weighted by atomic mass is 10.0. The molecule has 0 aliphatic carbocycles. The lowest BCUT2D eigenvalue weighted by Gasteiger charge is -2.30. The van der Waals surface area contributed by atoms with Crippen molar-refractivity contribution in [2.75, 3.05) is 17.7 Å². The number of amides is 1. The normalized spacial score (nSPS) is 14.2. The van der Waals surface area contributed by atoms with Crippen LogP contribution in [0, 0.1) is 5.82 Å². The van der Waals surface area contributed by atoms with Gasteiger partial charge in [0.2, 0.25) is 5.91 Å². The zero-order valence-corrected chi connectivity index (χ0v) is 14.9. The summed E-state index contributed by atoms with van der Waals surface area (Å²) in [6, 6.07) is 11.1. The first-order valence-electron chi connectivity index (χ1n) is 8.22. The van der Waals surface area contributed by atoms with E-state index >= 15 is 0 Å². The zero-order chi connectivity index (χ0) is 18.0. The summed E-state index contributed by atoms with van der Waals surface area (Å²) in [6.07, 6.45) is 3.64. The number of fused-ring (bicyclic) bond motifs is 1. The van der Waals surface area contributed by atoms with Crippen LogP contribution in [0.3, 0.4) is 0 Å². The van der Waals surface area contributed by atoms with E-state index < -0.39 is 9.84 Å². The smallest absolute Gasteiger partial charge is 0.227 e. The van der Waals surface area contributed by atoms with Crippen molar-refractivity contribution >= 4 is 21.4 Å². The Hall–Kier alpha value is -2.21. The highest BCUT2D eigenvalue weighted by Crippen LogP contribution is 2.30. The predicted octanol–water partition coefficient (Wildman–Crippen LogP) is 3.14. The van der Waals surface area contributed by atoms with Crippen LogP contribution in [0.15, 0.2) is 47.4 Å². The summed E-state index contributed by atoms with van der Waals surface area (Å²) >= 11 is 0. The summed E-state index contributed by atoms with van der Waals surface area (Å²) < 4.78 is 36.4. The molecule has 2 aromatic carbocycles. The van der Waals surface area contributed by atoms with Gasteiger partial charge >= 0.3 is 0 Å². The number of carbonyl (C=O) groups excluding carboxylic acids is 1. The van der Waals surface area contributed by atoms with E-state index in [4.69, 9.17) is 0 Å². The van der Waals surface area contributed by atoms with Gasteiger partial charge in [0.1, 0.15) is 5.82 Å². The van der Waals surface area contributed by atoms with E-state index in [0.717, 1.165) is 29.7 Å². The number of nitrogens with zero attached hydrogens (tertiary/aromatic N) is 1. The van der Waals surface area contributed by atoms with Crippen molar-refractivity contribution < 1.29 is 17.6 Å². The molecule has 2 aromatic rings. The number of benzene rings is 2. The molecular weight excluding hydrogens is 341 g/mol. The third-order valence-corrected chi connectivity index (χ3v) is 5.55. The molecular formula is C19H20FNO3S. The highest BCUT2D eigenvalue weighted by atomic mass is 32.2. The van der Waals surface area contributed by atoms with Crippen LogP contribution in [-0.2, 0) is 27.5 Å². The molecule has 0 spiro atoms. The lowest BCUT2D eigenvalue weighted by molar-refractivity contribution is -0.118. The molecule has 0 N–H and O–H groups in total. The van der Waals surface area contributed by atoms with E-state index in [1.165, 1.54) is 18.4 Å². The van der Waals surface area contributed by atoms with E-state index in [9.17, 15) is 17.6 Å². The maximum absolute atomic E-state index is 12.9.